The molecule has 3 N–H and O–H groups in total. The van der Waals surface area contributed by atoms with Gasteiger partial charge in [0.25, 0.3) is 0 Å². The summed E-state index contributed by atoms with van der Waals surface area (Å²) in [7, 11) is 1.73. The van der Waals surface area contributed by atoms with Gasteiger partial charge in [-0.05, 0) is 55.9 Å². The van der Waals surface area contributed by atoms with Crippen LogP contribution >= 0.6 is 0 Å². The van der Waals surface area contributed by atoms with Crippen LogP contribution in [0.4, 0.5) is 5.69 Å². The van der Waals surface area contributed by atoms with Crippen molar-refractivity contribution < 1.29 is 4.74 Å². The number of nitrogens with two attached hydrogens (primary N) is 1. The van der Waals surface area contributed by atoms with Crippen LogP contribution < -0.4 is 15.8 Å². The highest BCUT2D eigenvalue weighted by Gasteiger charge is 2.10. The van der Waals surface area contributed by atoms with Crippen LogP contribution in [0.5, 0.6) is 5.75 Å². The molecule has 0 spiro atoms. The lowest BCUT2D eigenvalue weighted by Gasteiger charge is -2.17. The smallest absolute Gasteiger partial charge is 0.122 e. The Bertz CT molecular complexity index is 400. The quantitative estimate of drug-likeness (QED) is 0.739. The van der Waals surface area contributed by atoms with E-state index < -0.39 is 0 Å². The fraction of sp³-hybridized carbons (Fsp3) is 0.625. The zero-order valence-corrected chi connectivity index (χ0v) is 12.9. The number of ether oxygens (including phenoxy) is 1. The Balaban J connectivity index is 2.75. The second kappa shape index (κ2) is 7.39. The summed E-state index contributed by atoms with van der Waals surface area (Å²) in [6.07, 6.45) is 2.15. The Morgan fingerprint density at radius 3 is 2.47 bits per heavy atom. The van der Waals surface area contributed by atoms with E-state index >= 15 is 0 Å². The molecule has 0 heterocycles. The molecule has 0 bridgehead atoms. The molecule has 1 atom stereocenters. The Morgan fingerprint density at radius 1 is 1.26 bits per heavy atom. The molecule has 3 nitrogen and oxygen atoms in total. The summed E-state index contributed by atoms with van der Waals surface area (Å²) in [5, 5.41) is 3.50. The second-order valence-corrected chi connectivity index (χ2v) is 5.61. The summed E-state index contributed by atoms with van der Waals surface area (Å²) in [6, 6.07) is 4.61. The van der Waals surface area contributed by atoms with Crippen LogP contribution in [0.25, 0.3) is 0 Å². The van der Waals surface area contributed by atoms with Crippen molar-refractivity contribution in [1.82, 2.24) is 0 Å². The van der Waals surface area contributed by atoms with Gasteiger partial charge >= 0.3 is 0 Å². The summed E-state index contributed by atoms with van der Waals surface area (Å²) in [5.74, 6) is 1.44. The molecule has 0 aromatic heterocycles. The van der Waals surface area contributed by atoms with Gasteiger partial charge < -0.3 is 15.8 Å². The summed E-state index contributed by atoms with van der Waals surface area (Å²) in [6.45, 7) is 9.50. The van der Waals surface area contributed by atoms with E-state index in [9.17, 15) is 0 Å². The monoisotopic (exact) mass is 264 g/mol. The van der Waals surface area contributed by atoms with E-state index in [1.54, 1.807) is 7.11 Å². The highest BCUT2D eigenvalue weighted by molar-refractivity contribution is 5.58. The zero-order chi connectivity index (χ0) is 14.4. The first-order valence-electron chi connectivity index (χ1n) is 7.13. The van der Waals surface area contributed by atoms with Gasteiger partial charge in [-0.2, -0.15) is 0 Å². The molecule has 19 heavy (non-hydrogen) atoms. The number of nitrogens with one attached hydrogen (secondary N) is 1. The summed E-state index contributed by atoms with van der Waals surface area (Å²) >= 11 is 0. The van der Waals surface area contributed by atoms with Crippen molar-refractivity contribution in [3.05, 3.63) is 23.3 Å². The lowest BCUT2D eigenvalue weighted by molar-refractivity contribution is 0.407. The van der Waals surface area contributed by atoms with Gasteiger partial charge in [0.05, 0.1) is 7.11 Å². The van der Waals surface area contributed by atoms with Crippen LogP contribution in [-0.4, -0.2) is 19.7 Å². The average molecular weight is 264 g/mol. The van der Waals surface area contributed by atoms with Gasteiger partial charge in [-0.15, -0.1) is 0 Å². The molecule has 0 saturated heterocycles. The van der Waals surface area contributed by atoms with E-state index in [1.807, 2.05) is 0 Å². The summed E-state index contributed by atoms with van der Waals surface area (Å²) in [4.78, 5) is 0. The zero-order valence-electron chi connectivity index (χ0n) is 12.9. The number of hydrogen-bond acceptors (Lipinski definition) is 3. The molecule has 1 unspecified atom stereocenters. The lowest BCUT2D eigenvalue weighted by atomic mass is 9.99. The topological polar surface area (TPSA) is 47.3 Å². The van der Waals surface area contributed by atoms with Crippen LogP contribution in [0.3, 0.4) is 0 Å². The minimum atomic E-state index is 0.282. The van der Waals surface area contributed by atoms with E-state index in [4.69, 9.17) is 10.5 Å². The van der Waals surface area contributed by atoms with Crippen molar-refractivity contribution in [2.45, 2.75) is 52.5 Å². The molecule has 0 saturated carbocycles. The molecule has 0 aliphatic carbocycles. The first kappa shape index (κ1) is 15.8. The normalized spacial score (nSPS) is 12.6. The Labute approximate surface area is 117 Å². The Hall–Kier alpha value is -1.22. The van der Waals surface area contributed by atoms with Crippen molar-refractivity contribution >= 4 is 5.69 Å². The van der Waals surface area contributed by atoms with Gasteiger partial charge in [0.1, 0.15) is 5.75 Å². The van der Waals surface area contributed by atoms with Crippen LogP contribution in [0, 0.1) is 6.92 Å². The van der Waals surface area contributed by atoms with Gasteiger partial charge in [-0.1, -0.05) is 13.8 Å². The van der Waals surface area contributed by atoms with Crippen molar-refractivity contribution in [1.29, 1.82) is 0 Å². The Morgan fingerprint density at radius 2 is 1.95 bits per heavy atom. The third-order valence-electron chi connectivity index (χ3n) is 3.35. The van der Waals surface area contributed by atoms with Crippen molar-refractivity contribution in [2.75, 3.05) is 19.0 Å². The highest BCUT2D eigenvalue weighted by atomic mass is 16.5. The molecule has 1 rings (SSSR count). The predicted octanol–water partition coefficient (Wildman–Crippen LogP) is 3.67. The van der Waals surface area contributed by atoms with Crippen LogP contribution in [0.2, 0.25) is 0 Å². The van der Waals surface area contributed by atoms with Crippen molar-refractivity contribution in [3.63, 3.8) is 0 Å². The number of methoxy groups -OCH3 is 1. The van der Waals surface area contributed by atoms with Crippen molar-refractivity contribution in [3.8, 4) is 5.75 Å². The number of benzene rings is 1. The maximum Gasteiger partial charge on any atom is 0.122 e. The second-order valence-electron chi connectivity index (χ2n) is 5.61. The molecule has 0 fully saturated rings. The van der Waals surface area contributed by atoms with E-state index in [1.165, 1.54) is 16.8 Å². The van der Waals surface area contributed by atoms with E-state index in [-0.39, 0.29) is 6.04 Å². The molecule has 0 radical (unpaired) electrons. The largest absolute Gasteiger partial charge is 0.496 e. The molecule has 1 aromatic carbocycles. The van der Waals surface area contributed by atoms with E-state index in [2.05, 4.69) is 45.1 Å². The molecule has 108 valence electrons. The fourth-order valence-electron chi connectivity index (χ4n) is 2.16. The number of rotatable bonds is 7. The number of aryl methyl sites for hydroxylation is 1. The van der Waals surface area contributed by atoms with Crippen LogP contribution in [-0.2, 0) is 0 Å². The van der Waals surface area contributed by atoms with Gasteiger partial charge in [-0.3, -0.25) is 0 Å². The van der Waals surface area contributed by atoms with Crippen molar-refractivity contribution in [2.24, 2.45) is 5.73 Å². The number of hydrogen-bond donors (Lipinski definition) is 2. The first-order valence-corrected chi connectivity index (χ1v) is 7.13. The molecule has 0 amide bonds. The predicted molar refractivity (Wildman–Crippen MR) is 83.2 cm³/mol. The summed E-state index contributed by atoms with van der Waals surface area (Å²) < 4.78 is 5.46. The highest BCUT2D eigenvalue weighted by Crippen LogP contribution is 2.31. The standard InChI is InChI=1S/C16H28N2O/c1-11(2)14-10-15(12(3)9-16(14)19-5)18-8-6-7-13(4)17/h9-11,13,18H,6-8,17H2,1-5H3. The lowest BCUT2D eigenvalue weighted by Crippen LogP contribution is -2.16. The van der Waals surface area contributed by atoms with E-state index in [0.29, 0.717) is 5.92 Å². The molecule has 3 heteroatoms. The van der Waals surface area contributed by atoms with Gasteiger partial charge in [-0.25, -0.2) is 0 Å². The number of anilines is 1. The van der Waals surface area contributed by atoms with Gasteiger partial charge in [0, 0.05) is 18.3 Å². The fourth-order valence-corrected chi connectivity index (χ4v) is 2.16. The first-order chi connectivity index (χ1) is 8.95. The minimum absolute atomic E-state index is 0.282. The molecular formula is C16H28N2O. The molecular weight excluding hydrogens is 236 g/mol. The van der Waals surface area contributed by atoms with Gasteiger partial charge in [0.15, 0.2) is 0 Å². The third kappa shape index (κ3) is 4.75. The maximum absolute atomic E-state index is 5.76. The summed E-state index contributed by atoms with van der Waals surface area (Å²) in [5.41, 5.74) is 9.44. The third-order valence-corrected chi connectivity index (χ3v) is 3.35. The maximum atomic E-state index is 5.76. The molecule has 1 aromatic rings. The Kier molecular flexibility index (Phi) is 6.16. The van der Waals surface area contributed by atoms with Crippen LogP contribution in [0.15, 0.2) is 12.1 Å². The SMILES string of the molecule is COc1cc(C)c(NCCCC(C)N)cc1C(C)C. The van der Waals surface area contributed by atoms with Gasteiger partial charge in [0.2, 0.25) is 0 Å². The van der Waals surface area contributed by atoms with E-state index in [0.717, 1.165) is 25.1 Å². The molecule has 0 aliphatic rings. The van der Waals surface area contributed by atoms with Crippen LogP contribution in [0.1, 0.15) is 50.7 Å². The minimum Gasteiger partial charge on any atom is -0.496 e. The molecule has 0 aliphatic heterocycles. The average Bonchev–Trinajstić information content (AvgIpc) is 2.34.